The molecule has 0 saturated carbocycles. The molecular weight excluding hydrogens is 301 g/mol. The van der Waals surface area contributed by atoms with E-state index < -0.39 is 12.6 Å². The van der Waals surface area contributed by atoms with Crippen LogP contribution in [0.25, 0.3) is 32.3 Å². The predicted molar refractivity (Wildman–Crippen MR) is 98.3 cm³/mol. The summed E-state index contributed by atoms with van der Waals surface area (Å²) in [5, 5.41) is 6.62. The molecule has 0 aliphatic heterocycles. The van der Waals surface area contributed by atoms with Crippen LogP contribution in [0.1, 0.15) is 0 Å². The maximum Gasteiger partial charge on any atom is 0.258 e. The van der Waals surface area contributed by atoms with E-state index in [1.807, 2.05) is 30.3 Å². The largest absolute Gasteiger partial charge is 0.313 e. The highest BCUT2D eigenvalue weighted by Gasteiger charge is 2.13. The Balaban J connectivity index is 2.01. The maximum absolute atomic E-state index is 12.8. The molecule has 0 fully saturated rings. The Kier molecular flexibility index (Phi) is 3.42. The molecule has 0 spiro atoms. The summed E-state index contributed by atoms with van der Waals surface area (Å²) in [5.74, 6) is -0.541. The quantitative estimate of drug-likeness (QED) is 0.472. The van der Waals surface area contributed by atoms with Crippen LogP contribution in [0.5, 0.6) is 0 Å². The Labute approximate surface area is 139 Å². The van der Waals surface area contributed by atoms with Gasteiger partial charge in [0.25, 0.3) is 5.91 Å². The van der Waals surface area contributed by atoms with Crippen LogP contribution in [0.2, 0.25) is 0 Å². The van der Waals surface area contributed by atoms with E-state index in [2.05, 4.69) is 36.4 Å². The van der Waals surface area contributed by atoms with Crippen LogP contribution in [0.4, 0.5) is 10.1 Å². The van der Waals surface area contributed by atoms with Crippen molar-refractivity contribution in [1.29, 1.82) is 0 Å². The molecule has 0 aliphatic rings. The van der Waals surface area contributed by atoms with Gasteiger partial charge in [0.15, 0.2) is 6.67 Å². The highest BCUT2D eigenvalue weighted by atomic mass is 19.1. The first-order chi connectivity index (χ1) is 11.7. The molecule has 0 aromatic heterocycles. The fourth-order valence-electron chi connectivity index (χ4n) is 3.22. The average molecular weight is 317 g/mol. The molecule has 0 bridgehead atoms. The number of nitrogens with zero attached hydrogens (tertiary/aromatic N) is 1. The first-order valence-electron chi connectivity index (χ1n) is 7.85. The first kappa shape index (κ1) is 14.6. The molecule has 0 atom stereocenters. The topological polar surface area (TPSA) is 20.3 Å². The van der Waals surface area contributed by atoms with E-state index >= 15 is 0 Å². The molecule has 118 valence electrons. The lowest BCUT2D eigenvalue weighted by Crippen LogP contribution is -2.27. The van der Waals surface area contributed by atoms with Crippen molar-refractivity contribution in [2.24, 2.45) is 0 Å². The third-order valence-electron chi connectivity index (χ3n) is 4.53. The van der Waals surface area contributed by atoms with Crippen molar-refractivity contribution in [3.05, 3.63) is 66.7 Å². The van der Waals surface area contributed by atoms with Crippen molar-refractivity contribution in [2.45, 2.75) is 0 Å². The maximum atomic E-state index is 12.8. The minimum atomic E-state index is -0.995. The Morgan fingerprint density at radius 1 is 0.833 bits per heavy atom. The van der Waals surface area contributed by atoms with E-state index in [4.69, 9.17) is 0 Å². The molecule has 4 aromatic rings. The minimum Gasteiger partial charge on any atom is -0.313 e. The predicted octanol–water partition coefficient (Wildman–Crippen LogP) is 5.08. The molecule has 0 unspecified atom stereocenters. The highest BCUT2D eigenvalue weighted by Crippen LogP contribution is 2.32. The van der Waals surface area contributed by atoms with Crippen molar-refractivity contribution in [1.82, 2.24) is 0 Å². The van der Waals surface area contributed by atoms with Gasteiger partial charge in [-0.3, -0.25) is 4.79 Å². The number of amides is 1. The number of hydrogen-bond acceptors (Lipinski definition) is 1. The second-order valence-electron chi connectivity index (χ2n) is 5.98. The molecule has 0 heterocycles. The molecule has 4 aromatic carbocycles. The number of carbonyl (C=O) groups excluding carboxylic acids is 1. The summed E-state index contributed by atoms with van der Waals surface area (Å²) in [6.07, 6.45) is 0. The summed E-state index contributed by atoms with van der Waals surface area (Å²) in [5.41, 5.74) is 0.727. The molecule has 0 saturated heterocycles. The van der Waals surface area contributed by atoms with E-state index in [9.17, 15) is 9.18 Å². The standard InChI is InChI=1S/C21H16FNO/c1-23(21(24)13-22)20-8-4-7-16-11-17-9-14-5-2-3-6-15(14)10-18(17)12-19(16)20/h2-12H,13H2,1H3. The van der Waals surface area contributed by atoms with Gasteiger partial charge in [0.2, 0.25) is 0 Å². The number of fused-ring (bicyclic) bond motifs is 3. The van der Waals surface area contributed by atoms with Gasteiger partial charge < -0.3 is 4.90 Å². The fraction of sp³-hybridized carbons (Fsp3) is 0.0952. The van der Waals surface area contributed by atoms with Gasteiger partial charge in [0.05, 0.1) is 5.69 Å². The van der Waals surface area contributed by atoms with Crippen LogP contribution < -0.4 is 4.90 Å². The Bertz CT molecular complexity index is 1090. The number of alkyl halides is 1. The fourth-order valence-corrected chi connectivity index (χ4v) is 3.22. The summed E-state index contributed by atoms with van der Waals surface area (Å²) in [6.45, 7) is -0.995. The zero-order chi connectivity index (χ0) is 16.7. The zero-order valence-corrected chi connectivity index (χ0v) is 13.3. The summed E-state index contributed by atoms with van der Waals surface area (Å²) >= 11 is 0. The van der Waals surface area contributed by atoms with Gasteiger partial charge in [-0.15, -0.1) is 0 Å². The highest BCUT2D eigenvalue weighted by molar-refractivity contribution is 6.10. The van der Waals surface area contributed by atoms with E-state index in [-0.39, 0.29) is 0 Å². The second kappa shape index (κ2) is 5.60. The minimum absolute atomic E-state index is 0.541. The van der Waals surface area contributed by atoms with Gasteiger partial charge in [-0.1, -0.05) is 36.4 Å². The lowest BCUT2D eigenvalue weighted by molar-refractivity contribution is -0.119. The monoisotopic (exact) mass is 317 g/mol. The van der Waals surface area contributed by atoms with Gasteiger partial charge in [0.1, 0.15) is 0 Å². The van der Waals surface area contributed by atoms with E-state index in [1.54, 1.807) is 7.05 Å². The van der Waals surface area contributed by atoms with Crippen molar-refractivity contribution in [3.8, 4) is 0 Å². The van der Waals surface area contributed by atoms with Crippen LogP contribution in [-0.2, 0) is 4.79 Å². The first-order valence-corrected chi connectivity index (χ1v) is 7.85. The normalized spacial score (nSPS) is 11.2. The zero-order valence-electron chi connectivity index (χ0n) is 13.3. The summed E-state index contributed by atoms with van der Waals surface area (Å²) in [6, 6.07) is 22.5. The van der Waals surface area contributed by atoms with Crippen LogP contribution in [-0.4, -0.2) is 19.6 Å². The van der Waals surface area contributed by atoms with Crippen LogP contribution in [0.3, 0.4) is 0 Å². The summed E-state index contributed by atoms with van der Waals surface area (Å²) in [4.78, 5) is 13.1. The third kappa shape index (κ3) is 2.29. The van der Waals surface area contributed by atoms with Crippen LogP contribution in [0, 0.1) is 0 Å². The van der Waals surface area contributed by atoms with E-state index in [0.29, 0.717) is 0 Å². The SMILES string of the molecule is CN(C(=O)CF)c1cccc2cc3cc4ccccc4cc3cc12. The molecule has 1 amide bonds. The molecule has 0 radical (unpaired) electrons. The number of benzene rings is 4. The van der Waals surface area contributed by atoms with Gasteiger partial charge >= 0.3 is 0 Å². The summed E-state index contributed by atoms with van der Waals surface area (Å²) in [7, 11) is 1.61. The number of anilines is 1. The Morgan fingerprint density at radius 2 is 1.42 bits per heavy atom. The molecule has 0 aliphatic carbocycles. The number of hydrogen-bond donors (Lipinski definition) is 0. The van der Waals surface area contributed by atoms with E-state index in [1.165, 1.54) is 15.7 Å². The van der Waals surface area contributed by atoms with Crippen molar-refractivity contribution >= 4 is 43.9 Å². The van der Waals surface area contributed by atoms with Gasteiger partial charge in [-0.2, -0.15) is 0 Å². The van der Waals surface area contributed by atoms with Gasteiger partial charge in [-0.05, 0) is 57.3 Å². The molecule has 2 nitrogen and oxygen atoms in total. The van der Waals surface area contributed by atoms with Crippen molar-refractivity contribution in [2.75, 3.05) is 18.6 Å². The Hall–Kier alpha value is -2.94. The molecule has 24 heavy (non-hydrogen) atoms. The summed E-state index contributed by atoms with van der Waals surface area (Å²) < 4.78 is 12.8. The van der Waals surface area contributed by atoms with Crippen LogP contribution >= 0.6 is 0 Å². The van der Waals surface area contributed by atoms with Crippen molar-refractivity contribution in [3.63, 3.8) is 0 Å². The van der Waals surface area contributed by atoms with Gasteiger partial charge in [0, 0.05) is 12.4 Å². The van der Waals surface area contributed by atoms with Crippen molar-refractivity contribution < 1.29 is 9.18 Å². The number of rotatable bonds is 2. The Morgan fingerprint density at radius 3 is 2.08 bits per heavy atom. The molecule has 3 heteroatoms. The molecular formula is C21H16FNO. The smallest absolute Gasteiger partial charge is 0.258 e. The average Bonchev–Trinajstić information content (AvgIpc) is 2.62. The number of carbonyl (C=O) groups is 1. The lowest BCUT2D eigenvalue weighted by Gasteiger charge is -2.18. The van der Waals surface area contributed by atoms with E-state index in [0.717, 1.165) is 27.2 Å². The van der Waals surface area contributed by atoms with Crippen LogP contribution in [0.15, 0.2) is 66.7 Å². The van der Waals surface area contributed by atoms with Gasteiger partial charge in [-0.25, -0.2) is 4.39 Å². The lowest BCUT2D eigenvalue weighted by atomic mass is 9.99. The second-order valence-corrected chi connectivity index (χ2v) is 5.98. The molecule has 0 N–H and O–H groups in total. The third-order valence-corrected chi connectivity index (χ3v) is 4.53. The number of halogens is 1. The molecule has 4 rings (SSSR count).